The standard InChI is InChI=1S/C20H13BrN4O3S/c21-14-3-1-4-15(11-14)24-8-2-5-17(24)12-22-23-20(26)19-10-13-9-16(25(27)28)6-7-18(13)29-19/h1-12H,(H,23,26). The van der Waals surface area contributed by atoms with Gasteiger partial charge in [-0.1, -0.05) is 22.0 Å². The molecule has 0 aliphatic rings. The van der Waals surface area contributed by atoms with Crippen LogP contribution < -0.4 is 5.43 Å². The summed E-state index contributed by atoms with van der Waals surface area (Å²) in [6, 6.07) is 17.8. The Labute approximate surface area is 177 Å². The molecular formula is C20H13BrN4O3S. The zero-order chi connectivity index (χ0) is 20.4. The van der Waals surface area contributed by atoms with Crippen molar-refractivity contribution >= 4 is 55.2 Å². The lowest BCUT2D eigenvalue weighted by Crippen LogP contribution is -2.16. The Morgan fingerprint density at radius 2 is 2.03 bits per heavy atom. The minimum atomic E-state index is -0.457. The van der Waals surface area contributed by atoms with Crippen LogP contribution in [0.1, 0.15) is 15.4 Å². The van der Waals surface area contributed by atoms with Crippen molar-refractivity contribution in [3.05, 3.63) is 92.0 Å². The molecule has 29 heavy (non-hydrogen) atoms. The normalized spacial score (nSPS) is 11.2. The van der Waals surface area contributed by atoms with Crippen LogP contribution in [0.15, 0.2) is 76.4 Å². The third-order valence-corrected chi connectivity index (χ3v) is 5.77. The van der Waals surface area contributed by atoms with E-state index in [0.717, 1.165) is 20.6 Å². The summed E-state index contributed by atoms with van der Waals surface area (Å²) in [5.74, 6) is -0.370. The summed E-state index contributed by atoms with van der Waals surface area (Å²) < 4.78 is 3.71. The Hall–Kier alpha value is -3.30. The van der Waals surface area contributed by atoms with Gasteiger partial charge in [0.15, 0.2) is 0 Å². The Balaban J connectivity index is 1.50. The number of nitrogens with one attached hydrogen (secondary N) is 1. The number of amides is 1. The van der Waals surface area contributed by atoms with Crippen LogP contribution in [0.3, 0.4) is 0 Å². The molecule has 0 aliphatic heterocycles. The number of hydrogen-bond donors (Lipinski definition) is 1. The molecule has 2 aromatic carbocycles. The summed E-state index contributed by atoms with van der Waals surface area (Å²) in [4.78, 5) is 23.3. The van der Waals surface area contributed by atoms with E-state index in [1.54, 1.807) is 18.3 Å². The number of carbonyl (C=O) groups excluding carboxylic acids is 1. The van der Waals surface area contributed by atoms with Crippen molar-refractivity contribution in [1.82, 2.24) is 9.99 Å². The number of hydrogen-bond acceptors (Lipinski definition) is 5. The number of benzene rings is 2. The van der Waals surface area contributed by atoms with E-state index in [1.165, 1.54) is 23.5 Å². The Kier molecular flexibility index (Phi) is 5.24. The van der Waals surface area contributed by atoms with Gasteiger partial charge < -0.3 is 4.57 Å². The van der Waals surface area contributed by atoms with Crippen molar-refractivity contribution in [2.45, 2.75) is 0 Å². The maximum Gasteiger partial charge on any atom is 0.281 e. The largest absolute Gasteiger partial charge is 0.316 e. The molecule has 2 aromatic heterocycles. The lowest BCUT2D eigenvalue weighted by Gasteiger charge is -2.06. The van der Waals surface area contributed by atoms with Crippen LogP contribution >= 0.6 is 27.3 Å². The molecule has 0 saturated carbocycles. The first-order valence-corrected chi connectivity index (χ1v) is 10.1. The number of rotatable bonds is 5. The van der Waals surface area contributed by atoms with E-state index in [2.05, 4.69) is 26.5 Å². The maximum absolute atomic E-state index is 12.4. The molecular weight excluding hydrogens is 456 g/mol. The van der Waals surface area contributed by atoms with E-state index in [1.807, 2.05) is 47.2 Å². The van der Waals surface area contributed by atoms with Gasteiger partial charge in [0.25, 0.3) is 11.6 Å². The molecule has 0 radical (unpaired) electrons. The van der Waals surface area contributed by atoms with Crippen LogP contribution in [-0.2, 0) is 0 Å². The predicted octanol–water partition coefficient (Wildman–Crippen LogP) is 5.13. The van der Waals surface area contributed by atoms with Crippen molar-refractivity contribution < 1.29 is 9.72 Å². The lowest BCUT2D eigenvalue weighted by atomic mass is 10.2. The number of nitro groups is 1. The van der Waals surface area contributed by atoms with E-state index in [4.69, 9.17) is 0 Å². The summed E-state index contributed by atoms with van der Waals surface area (Å²) in [6.45, 7) is 0. The summed E-state index contributed by atoms with van der Waals surface area (Å²) in [5.41, 5.74) is 4.27. The van der Waals surface area contributed by atoms with Gasteiger partial charge in [-0.2, -0.15) is 5.10 Å². The van der Waals surface area contributed by atoms with E-state index < -0.39 is 4.92 Å². The minimum Gasteiger partial charge on any atom is -0.316 e. The van der Waals surface area contributed by atoms with Gasteiger partial charge in [0.2, 0.25) is 0 Å². The number of nitrogens with zero attached hydrogens (tertiary/aromatic N) is 3. The summed E-state index contributed by atoms with van der Waals surface area (Å²) in [6.07, 6.45) is 3.47. The van der Waals surface area contributed by atoms with Gasteiger partial charge in [0.1, 0.15) is 0 Å². The predicted molar refractivity (Wildman–Crippen MR) is 117 cm³/mol. The van der Waals surface area contributed by atoms with Gasteiger partial charge >= 0.3 is 0 Å². The van der Waals surface area contributed by atoms with Crippen LogP contribution in [0.25, 0.3) is 15.8 Å². The number of non-ortho nitro benzene ring substituents is 1. The summed E-state index contributed by atoms with van der Waals surface area (Å²) in [7, 11) is 0. The fourth-order valence-corrected chi connectivity index (χ4v) is 4.15. The maximum atomic E-state index is 12.4. The number of hydrazone groups is 1. The van der Waals surface area contributed by atoms with Gasteiger partial charge in [0.05, 0.1) is 21.7 Å². The first kappa shape index (κ1) is 19.0. The SMILES string of the molecule is O=C(NN=Cc1cccn1-c1cccc(Br)c1)c1cc2cc([N+](=O)[O-])ccc2s1. The smallest absolute Gasteiger partial charge is 0.281 e. The molecule has 1 amide bonds. The number of halogens is 1. The van der Waals surface area contributed by atoms with E-state index in [0.29, 0.717) is 10.3 Å². The van der Waals surface area contributed by atoms with Crippen molar-refractivity contribution in [2.75, 3.05) is 0 Å². The Morgan fingerprint density at radius 1 is 1.17 bits per heavy atom. The molecule has 0 fully saturated rings. The second kappa shape index (κ2) is 7.98. The van der Waals surface area contributed by atoms with E-state index in [9.17, 15) is 14.9 Å². The highest BCUT2D eigenvalue weighted by Gasteiger charge is 2.13. The molecule has 0 unspecified atom stereocenters. The molecule has 0 aliphatic carbocycles. The third-order valence-electron chi connectivity index (χ3n) is 4.16. The number of aromatic nitrogens is 1. The minimum absolute atomic E-state index is 0.00594. The lowest BCUT2D eigenvalue weighted by molar-refractivity contribution is -0.384. The van der Waals surface area contributed by atoms with Gasteiger partial charge in [-0.25, -0.2) is 5.43 Å². The molecule has 7 nitrogen and oxygen atoms in total. The van der Waals surface area contributed by atoms with Crippen molar-refractivity contribution in [3.63, 3.8) is 0 Å². The molecule has 9 heteroatoms. The third kappa shape index (κ3) is 4.10. The highest BCUT2D eigenvalue weighted by Crippen LogP contribution is 2.28. The highest BCUT2D eigenvalue weighted by atomic mass is 79.9. The van der Waals surface area contributed by atoms with Crippen molar-refractivity contribution in [1.29, 1.82) is 0 Å². The van der Waals surface area contributed by atoms with Crippen LogP contribution in [0.4, 0.5) is 5.69 Å². The molecule has 4 aromatic rings. The fourth-order valence-electron chi connectivity index (χ4n) is 2.83. The molecule has 0 atom stereocenters. The zero-order valence-electron chi connectivity index (χ0n) is 14.8. The van der Waals surface area contributed by atoms with Gasteiger partial charge in [-0.05, 0) is 42.5 Å². The topological polar surface area (TPSA) is 89.5 Å². The van der Waals surface area contributed by atoms with Gasteiger partial charge in [-0.3, -0.25) is 14.9 Å². The fraction of sp³-hybridized carbons (Fsp3) is 0. The monoisotopic (exact) mass is 468 g/mol. The molecule has 4 rings (SSSR count). The summed E-state index contributed by atoms with van der Waals surface area (Å²) in [5, 5.41) is 15.6. The average Bonchev–Trinajstić information content (AvgIpc) is 3.34. The van der Waals surface area contributed by atoms with Crippen molar-refractivity contribution in [2.24, 2.45) is 5.10 Å². The van der Waals surface area contributed by atoms with Crippen molar-refractivity contribution in [3.8, 4) is 5.69 Å². The number of carbonyl (C=O) groups is 1. The molecule has 144 valence electrons. The van der Waals surface area contributed by atoms with E-state index in [-0.39, 0.29) is 11.6 Å². The summed E-state index contributed by atoms with van der Waals surface area (Å²) >= 11 is 4.71. The van der Waals surface area contributed by atoms with Gasteiger partial charge in [0, 0.05) is 38.6 Å². The highest BCUT2D eigenvalue weighted by molar-refractivity contribution is 9.10. The quantitative estimate of drug-likeness (QED) is 0.250. The molecule has 1 N–H and O–H groups in total. The number of fused-ring (bicyclic) bond motifs is 1. The molecule has 0 spiro atoms. The Morgan fingerprint density at radius 3 is 2.83 bits per heavy atom. The number of nitro benzene ring substituents is 1. The average molecular weight is 469 g/mol. The zero-order valence-corrected chi connectivity index (χ0v) is 17.2. The van der Waals surface area contributed by atoms with Crippen LogP contribution in [0, 0.1) is 10.1 Å². The first-order chi connectivity index (χ1) is 14.0. The second-order valence-electron chi connectivity index (χ2n) is 6.07. The van der Waals surface area contributed by atoms with Crippen LogP contribution in [0.5, 0.6) is 0 Å². The molecule has 0 saturated heterocycles. The second-order valence-corrected chi connectivity index (χ2v) is 8.07. The van der Waals surface area contributed by atoms with Crippen LogP contribution in [-0.4, -0.2) is 21.6 Å². The van der Waals surface area contributed by atoms with Crippen LogP contribution in [0.2, 0.25) is 0 Å². The molecule has 0 bridgehead atoms. The van der Waals surface area contributed by atoms with E-state index >= 15 is 0 Å². The molecule has 2 heterocycles. The van der Waals surface area contributed by atoms with Gasteiger partial charge in [-0.15, -0.1) is 11.3 Å². The number of thiophene rings is 1. The Bertz CT molecular complexity index is 1260. The first-order valence-electron chi connectivity index (χ1n) is 8.46.